The lowest BCUT2D eigenvalue weighted by Crippen LogP contribution is -2.42. The van der Waals surface area contributed by atoms with Crippen molar-refractivity contribution in [3.05, 3.63) is 52.8 Å². The zero-order valence-corrected chi connectivity index (χ0v) is 13.0. The van der Waals surface area contributed by atoms with Gasteiger partial charge in [0, 0.05) is 30.4 Å². The molecule has 0 spiro atoms. The van der Waals surface area contributed by atoms with Gasteiger partial charge >= 0.3 is 0 Å². The minimum absolute atomic E-state index is 0.0253. The molecular formula is C16H19ClN4O. The smallest absolute Gasteiger partial charge is 0.257 e. The molecule has 116 valence electrons. The Hall–Kier alpha value is -1.85. The van der Waals surface area contributed by atoms with E-state index >= 15 is 0 Å². The standard InChI is InChI=1S/C16H19ClN4O/c17-15-4-2-1-3-12(15)10-21-11-13(9-19-21)16(22)20-7-5-14(18)6-8-20/h1-4,9,11,14H,5-8,10,18H2. The number of rotatable bonds is 3. The van der Waals surface area contributed by atoms with Crippen molar-refractivity contribution in [2.24, 2.45) is 5.73 Å². The summed E-state index contributed by atoms with van der Waals surface area (Å²) in [5.41, 5.74) is 7.47. The van der Waals surface area contributed by atoms with Crippen molar-refractivity contribution in [2.75, 3.05) is 13.1 Å². The first kappa shape index (κ1) is 15.1. The number of carbonyl (C=O) groups excluding carboxylic acids is 1. The zero-order chi connectivity index (χ0) is 15.5. The molecule has 1 fully saturated rings. The second-order valence-electron chi connectivity index (χ2n) is 5.65. The number of aromatic nitrogens is 2. The third-order valence-electron chi connectivity index (χ3n) is 4.00. The molecule has 0 unspecified atom stereocenters. The molecule has 6 heteroatoms. The fraction of sp³-hybridized carbons (Fsp3) is 0.375. The summed E-state index contributed by atoms with van der Waals surface area (Å²) in [5, 5.41) is 4.97. The maximum absolute atomic E-state index is 12.4. The van der Waals surface area contributed by atoms with Gasteiger partial charge in [-0.15, -0.1) is 0 Å². The number of nitrogens with two attached hydrogens (primary N) is 1. The monoisotopic (exact) mass is 318 g/mol. The van der Waals surface area contributed by atoms with Gasteiger partial charge in [-0.2, -0.15) is 5.10 Å². The van der Waals surface area contributed by atoms with Crippen molar-refractivity contribution in [3.8, 4) is 0 Å². The normalized spacial score (nSPS) is 16.0. The molecule has 2 N–H and O–H groups in total. The van der Waals surface area contributed by atoms with Gasteiger partial charge in [-0.05, 0) is 24.5 Å². The number of piperidine rings is 1. The van der Waals surface area contributed by atoms with Crippen molar-refractivity contribution >= 4 is 17.5 Å². The lowest BCUT2D eigenvalue weighted by Gasteiger charge is -2.29. The van der Waals surface area contributed by atoms with Crippen molar-refractivity contribution < 1.29 is 4.79 Å². The van der Waals surface area contributed by atoms with Gasteiger partial charge in [0.1, 0.15) is 0 Å². The number of hydrogen-bond acceptors (Lipinski definition) is 3. The molecule has 0 radical (unpaired) electrons. The number of hydrogen-bond donors (Lipinski definition) is 1. The van der Waals surface area contributed by atoms with E-state index in [4.69, 9.17) is 17.3 Å². The van der Waals surface area contributed by atoms with Gasteiger partial charge in [0.25, 0.3) is 5.91 Å². The lowest BCUT2D eigenvalue weighted by atomic mass is 10.1. The summed E-state index contributed by atoms with van der Waals surface area (Å²) in [6.45, 7) is 1.99. The van der Waals surface area contributed by atoms with Gasteiger partial charge in [0.05, 0.1) is 18.3 Å². The molecule has 0 atom stereocenters. The van der Waals surface area contributed by atoms with E-state index in [1.807, 2.05) is 29.2 Å². The molecule has 3 rings (SSSR count). The van der Waals surface area contributed by atoms with Gasteiger partial charge in [0.15, 0.2) is 0 Å². The highest BCUT2D eigenvalue weighted by atomic mass is 35.5. The first-order valence-electron chi connectivity index (χ1n) is 7.44. The average Bonchev–Trinajstić information content (AvgIpc) is 2.98. The summed E-state index contributed by atoms with van der Waals surface area (Å²) in [6.07, 6.45) is 5.12. The quantitative estimate of drug-likeness (QED) is 0.943. The Morgan fingerprint density at radius 2 is 2.05 bits per heavy atom. The molecule has 5 nitrogen and oxygen atoms in total. The molecule has 22 heavy (non-hydrogen) atoms. The average molecular weight is 319 g/mol. The third kappa shape index (κ3) is 3.31. The van der Waals surface area contributed by atoms with Gasteiger partial charge in [-0.1, -0.05) is 29.8 Å². The van der Waals surface area contributed by atoms with Gasteiger partial charge in [-0.3, -0.25) is 9.48 Å². The van der Waals surface area contributed by atoms with Crippen molar-refractivity contribution in [2.45, 2.75) is 25.4 Å². The van der Waals surface area contributed by atoms with Crippen LogP contribution in [-0.2, 0) is 6.54 Å². The van der Waals surface area contributed by atoms with E-state index in [1.54, 1.807) is 17.1 Å². The number of likely N-dealkylation sites (tertiary alicyclic amines) is 1. The maximum Gasteiger partial charge on any atom is 0.257 e. The second kappa shape index (κ2) is 6.50. The minimum atomic E-state index is 0.0253. The number of halogens is 1. The van der Waals surface area contributed by atoms with Crippen LogP contribution in [0.15, 0.2) is 36.7 Å². The molecule has 1 aromatic heterocycles. The molecule has 2 aromatic rings. The van der Waals surface area contributed by atoms with Crippen LogP contribution < -0.4 is 5.73 Å². The van der Waals surface area contributed by atoms with E-state index in [1.165, 1.54) is 0 Å². The van der Waals surface area contributed by atoms with Crippen LogP contribution in [0.2, 0.25) is 5.02 Å². The highest BCUT2D eigenvalue weighted by molar-refractivity contribution is 6.31. The molecule has 0 aliphatic carbocycles. The third-order valence-corrected chi connectivity index (χ3v) is 4.37. The fourth-order valence-corrected chi connectivity index (χ4v) is 2.84. The zero-order valence-electron chi connectivity index (χ0n) is 12.3. The maximum atomic E-state index is 12.4. The Morgan fingerprint density at radius 3 is 2.77 bits per heavy atom. The lowest BCUT2D eigenvalue weighted by molar-refractivity contribution is 0.0714. The summed E-state index contributed by atoms with van der Waals surface area (Å²) >= 11 is 6.15. The summed E-state index contributed by atoms with van der Waals surface area (Å²) in [4.78, 5) is 14.3. The molecule has 2 heterocycles. The predicted molar refractivity (Wildman–Crippen MR) is 85.9 cm³/mol. The largest absolute Gasteiger partial charge is 0.338 e. The second-order valence-corrected chi connectivity index (χ2v) is 6.05. The summed E-state index contributed by atoms with van der Waals surface area (Å²) < 4.78 is 1.74. The van der Waals surface area contributed by atoms with E-state index < -0.39 is 0 Å². The Balaban J connectivity index is 1.68. The van der Waals surface area contributed by atoms with Crippen LogP contribution >= 0.6 is 11.6 Å². The molecule has 1 aliphatic heterocycles. The van der Waals surface area contributed by atoms with Crippen LogP contribution in [0.1, 0.15) is 28.8 Å². The number of nitrogens with zero attached hydrogens (tertiary/aromatic N) is 3. The number of amides is 1. The Kier molecular flexibility index (Phi) is 4.45. The number of benzene rings is 1. The van der Waals surface area contributed by atoms with Crippen molar-refractivity contribution in [3.63, 3.8) is 0 Å². The van der Waals surface area contributed by atoms with Gasteiger partial charge in [-0.25, -0.2) is 0 Å². The molecule has 1 aromatic carbocycles. The van der Waals surface area contributed by atoms with Crippen LogP contribution in [0.25, 0.3) is 0 Å². The van der Waals surface area contributed by atoms with Crippen LogP contribution in [0.3, 0.4) is 0 Å². The number of carbonyl (C=O) groups is 1. The molecule has 1 aliphatic rings. The highest BCUT2D eigenvalue weighted by Crippen LogP contribution is 2.17. The molecule has 1 amide bonds. The van der Waals surface area contributed by atoms with Gasteiger partial charge < -0.3 is 10.6 Å². The van der Waals surface area contributed by atoms with Crippen LogP contribution in [0.5, 0.6) is 0 Å². The SMILES string of the molecule is NC1CCN(C(=O)c2cnn(Cc3ccccc3Cl)c2)CC1. The summed E-state index contributed by atoms with van der Waals surface area (Å²) in [6, 6.07) is 7.85. The highest BCUT2D eigenvalue weighted by Gasteiger charge is 2.22. The Morgan fingerprint density at radius 1 is 1.32 bits per heavy atom. The van der Waals surface area contributed by atoms with E-state index in [0.29, 0.717) is 17.1 Å². The molecule has 0 saturated carbocycles. The summed E-state index contributed by atoms with van der Waals surface area (Å²) in [7, 11) is 0. The Bertz CT molecular complexity index is 662. The van der Waals surface area contributed by atoms with E-state index in [0.717, 1.165) is 31.5 Å². The van der Waals surface area contributed by atoms with Crippen molar-refractivity contribution in [1.82, 2.24) is 14.7 Å². The van der Waals surface area contributed by atoms with Crippen LogP contribution in [-0.4, -0.2) is 39.7 Å². The fourth-order valence-electron chi connectivity index (χ4n) is 2.65. The first-order valence-corrected chi connectivity index (χ1v) is 7.82. The van der Waals surface area contributed by atoms with Crippen LogP contribution in [0, 0.1) is 0 Å². The predicted octanol–water partition coefficient (Wildman–Crippen LogP) is 2.15. The van der Waals surface area contributed by atoms with E-state index in [2.05, 4.69) is 5.10 Å². The van der Waals surface area contributed by atoms with E-state index in [9.17, 15) is 4.79 Å². The van der Waals surface area contributed by atoms with Gasteiger partial charge in [0.2, 0.25) is 0 Å². The minimum Gasteiger partial charge on any atom is -0.338 e. The first-order chi connectivity index (χ1) is 10.6. The van der Waals surface area contributed by atoms with E-state index in [-0.39, 0.29) is 11.9 Å². The Labute approximate surface area is 134 Å². The van der Waals surface area contributed by atoms with Crippen LogP contribution in [0.4, 0.5) is 0 Å². The molecule has 0 bridgehead atoms. The van der Waals surface area contributed by atoms with Crippen molar-refractivity contribution in [1.29, 1.82) is 0 Å². The molecular weight excluding hydrogens is 300 g/mol. The molecule has 1 saturated heterocycles. The summed E-state index contributed by atoms with van der Waals surface area (Å²) in [5.74, 6) is 0.0253. The topological polar surface area (TPSA) is 64.2 Å².